The van der Waals surface area contributed by atoms with Gasteiger partial charge in [-0.05, 0) is 35.7 Å². The highest BCUT2D eigenvalue weighted by molar-refractivity contribution is 5.67. The minimum Gasteiger partial charge on any atom is -0.364 e. The normalized spacial score (nSPS) is 10.9. The summed E-state index contributed by atoms with van der Waals surface area (Å²) < 4.78 is 13.1. The molecule has 88 valence electrons. The summed E-state index contributed by atoms with van der Waals surface area (Å²) in [4.78, 5) is 0. The van der Waals surface area contributed by atoms with E-state index in [9.17, 15) is 4.39 Å². The van der Waals surface area contributed by atoms with E-state index in [0.29, 0.717) is 5.56 Å². The van der Waals surface area contributed by atoms with Crippen molar-refractivity contribution in [2.45, 2.75) is 13.2 Å². The van der Waals surface area contributed by atoms with Crippen LogP contribution >= 0.6 is 0 Å². The predicted octanol–water partition coefficient (Wildman–Crippen LogP) is 2.78. The molecule has 0 bridgehead atoms. The summed E-state index contributed by atoms with van der Waals surface area (Å²) in [6.07, 6.45) is -1.48. The van der Waals surface area contributed by atoms with Gasteiger partial charge in [-0.25, -0.2) is 4.39 Å². The second-order valence-electron chi connectivity index (χ2n) is 3.96. The van der Waals surface area contributed by atoms with E-state index < -0.39 is 6.29 Å². The molecule has 2 rings (SSSR count). The largest absolute Gasteiger partial charge is 0.364 e. The molecule has 2 aromatic rings. The second-order valence-corrected chi connectivity index (χ2v) is 3.96. The highest BCUT2D eigenvalue weighted by Crippen LogP contribution is 2.26. The van der Waals surface area contributed by atoms with Crippen LogP contribution in [0.5, 0.6) is 0 Å². The molecule has 2 aromatic carbocycles. The zero-order valence-electron chi connectivity index (χ0n) is 9.39. The van der Waals surface area contributed by atoms with E-state index >= 15 is 0 Å². The molecule has 0 radical (unpaired) electrons. The van der Waals surface area contributed by atoms with E-state index in [2.05, 4.69) is 0 Å². The number of benzene rings is 2. The smallest absolute Gasteiger partial charge is 0.178 e. The van der Waals surface area contributed by atoms with Crippen LogP contribution in [0.4, 0.5) is 4.39 Å². The summed E-state index contributed by atoms with van der Waals surface area (Å²) in [6, 6.07) is 11.4. The first-order valence-electron chi connectivity index (χ1n) is 5.30. The molecule has 3 heteroatoms. The van der Waals surface area contributed by atoms with Crippen LogP contribution in [0.1, 0.15) is 17.4 Å². The summed E-state index contributed by atoms with van der Waals surface area (Å²) in [5, 5.41) is 18.1. The van der Waals surface area contributed by atoms with Crippen molar-refractivity contribution in [2.24, 2.45) is 0 Å². The zero-order valence-corrected chi connectivity index (χ0v) is 9.39. The Morgan fingerprint density at radius 2 is 1.82 bits per heavy atom. The lowest BCUT2D eigenvalue weighted by atomic mass is 9.98. The highest BCUT2D eigenvalue weighted by atomic mass is 19.1. The third-order valence-corrected chi connectivity index (χ3v) is 2.68. The molecular formula is C14H13FO2. The Hall–Kier alpha value is -1.71. The molecule has 0 aliphatic rings. The Morgan fingerprint density at radius 1 is 1.06 bits per heavy atom. The van der Waals surface area contributed by atoms with E-state index in [1.54, 1.807) is 24.3 Å². The second kappa shape index (κ2) is 4.65. The molecule has 2 nitrogen and oxygen atoms in total. The first kappa shape index (κ1) is 11.8. The number of hydrogen-bond acceptors (Lipinski definition) is 2. The van der Waals surface area contributed by atoms with Crippen LogP contribution in [0.15, 0.2) is 42.5 Å². The van der Waals surface area contributed by atoms with Crippen LogP contribution in [0, 0.1) is 12.7 Å². The molecule has 0 spiro atoms. The Balaban J connectivity index is 2.47. The maximum atomic E-state index is 13.1. The molecular weight excluding hydrogens is 219 g/mol. The van der Waals surface area contributed by atoms with Gasteiger partial charge in [0.1, 0.15) is 5.82 Å². The minimum absolute atomic E-state index is 0.284. The van der Waals surface area contributed by atoms with Crippen LogP contribution < -0.4 is 0 Å². The van der Waals surface area contributed by atoms with Crippen LogP contribution in [0.3, 0.4) is 0 Å². The molecule has 2 N–H and O–H groups in total. The van der Waals surface area contributed by atoms with Crippen molar-refractivity contribution in [2.75, 3.05) is 0 Å². The first-order valence-corrected chi connectivity index (χ1v) is 5.30. The van der Waals surface area contributed by atoms with Crippen molar-refractivity contribution in [3.63, 3.8) is 0 Å². The summed E-state index contributed by atoms with van der Waals surface area (Å²) in [7, 11) is 0. The van der Waals surface area contributed by atoms with Crippen LogP contribution in [0.25, 0.3) is 11.1 Å². The average molecular weight is 232 g/mol. The Morgan fingerprint density at radius 3 is 2.41 bits per heavy atom. The van der Waals surface area contributed by atoms with Crippen molar-refractivity contribution in [1.29, 1.82) is 0 Å². The van der Waals surface area contributed by atoms with E-state index in [-0.39, 0.29) is 5.82 Å². The van der Waals surface area contributed by atoms with E-state index in [4.69, 9.17) is 10.2 Å². The summed E-state index contributed by atoms with van der Waals surface area (Å²) >= 11 is 0. The van der Waals surface area contributed by atoms with Gasteiger partial charge >= 0.3 is 0 Å². The van der Waals surface area contributed by atoms with Gasteiger partial charge < -0.3 is 10.2 Å². The van der Waals surface area contributed by atoms with Crippen molar-refractivity contribution in [3.8, 4) is 11.1 Å². The minimum atomic E-state index is -1.48. The SMILES string of the molecule is Cc1cc(C(O)O)ccc1-c1cccc(F)c1. The number of aryl methyl sites for hydroxylation is 1. The lowest BCUT2D eigenvalue weighted by Gasteiger charge is -2.10. The quantitative estimate of drug-likeness (QED) is 0.782. The van der Waals surface area contributed by atoms with E-state index in [0.717, 1.165) is 16.7 Å². The Kier molecular flexibility index (Phi) is 3.22. The zero-order chi connectivity index (χ0) is 12.4. The van der Waals surface area contributed by atoms with E-state index in [1.165, 1.54) is 12.1 Å². The van der Waals surface area contributed by atoms with Gasteiger partial charge in [0.25, 0.3) is 0 Å². The maximum Gasteiger partial charge on any atom is 0.178 e. The molecule has 0 heterocycles. The van der Waals surface area contributed by atoms with Crippen molar-refractivity contribution in [1.82, 2.24) is 0 Å². The van der Waals surface area contributed by atoms with Crippen LogP contribution in [-0.4, -0.2) is 10.2 Å². The fourth-order valence-electron chi connectivity index (χ4n) is 1.83. The van der Waals surface area contributed by atoms with Gasteiger partial charge in [0.2, 0.25) is 0 Å². The fraction of sp³-hybridized carbons (Fsp3) is 0.143. The summed E-state index contributed by atoms with van der Waals surface area (Å²) in [5.74, 6) is -0.284. The van der Waals surface area contributed by atoms with Gasteiger partial charge in [-0.2, -0.15) is 0 Å². The fourth-order valence-corrected chi connectivity index (χ4v) is 1.83. The predicted molar refractivity (Wildman–Crippen MR) is 63.8 cm³/mol. The lowest BCUT2D eigenvalue weighted by Crippen LogP contribution is -1.96. The first-order chi connectivity index (χ1) is 8.08. The molecule has 0 amide bonds. The molecule has 0 aliphatic carbocycles. The number of hydrogen-bond donors (Lipinski definition) is 2. The van der Waals surface area contributed by atoms with Crippen molar-refractivity contribution in [3.05, 3.63) is 59.4 Å². The molecule has 0 saturated carbocycles. The van der Waals surface area contributed by atoms with Crippen molar-refractivity contribution >= 4 is 0 Å². The number of aliphatic hydroxyl groups is 2. The van der Waals surface area contributed by atoms with E-state index in [1.807, 2.05) is 13.0 Å². The third kappa shape index (κ3) is 2.52. The van der Waals surface area contributed by atoms with Gasteiger partial charge in [0, 0.05) is 5.56 Å². The molecule has 0 fully saturated rings. The van der Waals surface area contributed by atoms with Gasteiger partial charge in [0.05, 0.1) is 0 Å². The average Bonchev–Trinajstić information content (AvgIpc) is 2.28. The molecule has 0 aromatic heterocycles. The molecule has 17 heavy (non-hydrogen) atoms. The molecule has 0 aliphatic heterocycles. The molecule has 0 unspecified atom stereocenters. The Bertz CT molecular complexity index is 535. The van der Waals surface area contributed by atoms with Crippen LogP contribution in [-0.2, 0) is 0 Å². The number of aliphatic hydroxyl groups excluding tert-OH is 1. The summed E-state index contributed by atoms with van der Waals surface area (Å²) in [5.41, 5.74) is 2.97. The highest BCUT2D eigenvalue weighted by Gasteiger charge is 2.07. The van der Waals surface area contributed by atoms with Gasteiger partial charge in [0.15, 0.2) is 6.29 Å². The standard InChI is InChI=1S/C14H13FO2/c1-9-7-11(14(16)17)5-6-13(9)10-3-2-4-12(15)8-10/h2-8,14,16-17H,1H3. The lowest BCUT2D eigenvalue weighted by molar-refractivity contribution is -0.0425. The molecule has 0 atom stereocenters. The Labute approximate surface area is 99.0 Å². The number of rotatable bonds is 2. The molecule has 0 saturated heterocycles. The van der Waals surface area contributed by atoms with Gasteiger partial charge in [-0.1, -0.05) is 30.3 Å². The third-order valence-electron chi connectivity index (χ3n) is 2.68. The van der Waals surface area contributed by atoms with Gasteiger partial charge in [-0.3, -0.25) is 0 Å². The maximum absolute atomic E-state index is 13.1. The number of halogens is 1. The topological polar surface area (TPSA) is 40.5 Å². The summed E-state index contributed by atoms with van der Waals surface area (Å²) in [6.45, 7) is 1.85. The van der Waals surface area contributed by atoms with Gasteiger partial charge in [-0.15, -0.1) is 0 Å². The van der Waals surface area contributed by atoms with Crippen LogP contribution in [0.2, 0.25) is 0 Å². The van der Waals surface area contributed by atoms with Crippen molar-refractivity contribution < 1.29 is 14.6 Å². The monoisotopic (exact) mass is 232 g/mol.